The fourth-order valence-corrected chi connectivity index (χ4v) is 3.56. The Morgan fingerprint density at radius 2 is 2.00 bits per heavy atom. The number of alkyl halides is 1. The minimum absolute atomic E-state index is 0.324. The van der Waals surface area contributed by atoms with E-state index in [1.54, 1.807) is 0 Å². The summed E-state index contributed by atoms with van der Waals surface area (Å²) in [7, 11) is 0. The summed E-state index contributed by atoms with van der Waals surface area (Å²) < 4.78 is 13.0. The molecule has 0 aromatic carbocycles. The van der Waals surface area contributed by atoms with Gasteiger partial charge >= 0.3 is 0 Å². The maximum atomic E-state index is 13.0. The van der Waals surface area contributed by atoms with Crippen molar-refractivity contribution in [1.29, 1.82) is 0 Å². The molecule has 1 saturated carbocycles. The molecule has 3 nitrogen and oxygen atoms in total. The maximum absolute atomic E-state index is 13.0. The third kappa shape index (κ3) is 3.94. The average molecular weight is 284 g/mol. The van der Waals surface area contributed by atoms with Crippen molar-refractivity contribution in [3.05, 3.63) is 0 Å². The van der Waals surface area contributed by atoms with Crippen molar-refractivity contribution in [2.75, 3.05) is 19.6 Å². The maximum Gasteiger partial charge on any atom is 0.222 e. The largest absolute Gasteiger partial charge is 0.343 e. The molecule has 0 spiro atoms. The van der Waals surface area contributed by atoms with Gasteiger partial charge in [-0.2, -0.15) is 0 Å². The first-order valence-electron chi connectivity index (χ1n) is 8.29. The summed E-state index contributed by atoms with van der Waals surface area (Å²) in [4.78, 5) is 16.4. The van der Waals surface area contributed by atoms with E-state index < -0.39 is 6.17 Å². The molecule has 1 unspecified atom stereocenters. The van der Waals surface area contributed by atoms with Crippen LogP contribution in [-0.2, 0) is 4.79 Å². The van der Waals surface area contributed by atoms with Crippen LogP contribution in [0.4, 0.5) is 4.39 Å². The van der Waals surface area contributed by atoms with E-state index in [0.29, 0.717) is 37.3 Å². The van der Waals surface area contributed by atoms with Gasteiger partial charge in [-0.3, -0.25) is 9.69 Å². The second kappa shape index (κ2) is 7.39. The number of halogens is 1. The molecule has 1 saturated heterocycles. The van der Waals surface area contributed by atoms with Crippen LogP contribution in [0.3, 0.4) is 0 Å². The average Bonchev–Trinajstić information content (AvgIpc) is 2.91. The van der Waals surface area contributed by atoms with Crippen LogP contribution in [0.25, 0.3) is 0 Å². The number of likely N-dealkylation sites (tertiary alicyclic amines) is 1. The third-order valence-electron chi connectivity index (χ3n) is 4.93. The molecular formula is C16H29FN2O. The molecule has 1 heterocycles. The molecule has 0 N–H and O–H groups in total. The lowest BCUT2D eigenvalue weighted by Gasteiger charge is -2.42. The van der Waals surface area contributed by atoms with Crippen LogP contribution in [0, 0.1) is 0 Å². The van der Waals surface area contributed by atoms with Crippen LogP contribution in [-0.4, -0.2) is 53.6 Å². The van der Waals surface area contributed by atoms with Crippen molar-refractivity contribution in [3.63, 3.8) is 0 Å². The molecule has 0 aromatic rings. The van der Waals surface area contributed by atoms with E-state index in [9.17, 15) is 9.18 Å². The molecule has 116 valence electrons. The number of nitrogens with zero attached hydrogens (tertiary/aromatic N) is 2. The van der Waals surface area contributed by atoms with Crippen LogP contribution in [0.5, 0.6) is 0 Å². The van der Waals surface area contributed by atoms with Crippen LogP contribution < -0.4 is 0 Å². The van der Waals surface area contributed by atoms with E-state index >= 15 is 0 Å². The topological polar surface area (TPSA) is 23.6 Å². The van der Waals surface area contributed by atoms with Gasteiger partial charge in [-0.25, -0.2) is 4.39 Å². The van der Waals surface area contributed by atoms with Gasteiger partial charge < -0.3 is 4.90 Å². The summed E-state index contributed by atoms with van der Waals surface area (Å²) in [5.74, 6) is 0.324. The Kier molecular flexibility index (Phi) is 5.82. The second-order valence-electron chi connectivity index (χ2n) is 6.38. The summed E-state index contributed by atoms with van der Waals surface area (Å²) in [6.07, 6.45) is 5.82. The van der Waals surface area contributed by atoms with Gasteiger partial charge in [0.15, 0.2) is 0 Å². The molecule has 0 bridgehead atoms. The Bertz CT molecular complexity index is 312. The van der Waals surface area contributed by atoms with Gasteiger partial charge in [-0.15, -0.1) is 0 Å². The van der Waals surface area contributed by atoms with Crippen LogP contribution in [0.15, 0.2) is 0 Å². The van der Waals surface area contributed by atoms with Gasteiger partial charge in [0.25, 0.3) is 0 Å². The lowest BCUT2D eigenvalue weighted by molar-refractivity contribution is -0.130. The number of hydrogen-bond acceptors (Lipinski definition) is 2. The van der Waals surface area contributed by atoms with E-state index in [1.165, 1.54) is 0 Å². The molecular weight excluding hydrogens is 255 g/mol. The molecule has 1 atom stereocenters. The lowest BCUT2D eigenvalue weighted by atomic mass is 9.88. The zero-order valence-electron chi connectivity index (χ0n) is 13.0. The lowest BCUT2D eigenvalue weighted by Crippen LogP contribution is -2.49. The first-order valence-corrected chi connectivity index (χ1v) is 8.29. The molecule has 2 rings (SSSR count). The predicted molar refractivity (Wildman–Crippen MR) is 79.4 cm³/mol. The summed E-state index contributed by atoms with van der Waals surface area (Å²) in [6.45, 7) is 7.26. The van der Waals surface area contributed by atoms with Crippen molar-refractivity contribution in [2.24, 2.45) is 0 Å². The molecule has 2 aliphatic rings. The van der Waals surface area contributed by atoms with E-state index in [0.717, 1.165) is 45.3 Å². The third-order valence-corrected chi connectivity index (χ3v) is 4.93. The van der Waals surface area contributed by atoms with Crippen LogP contribution in [0.1, 0.15) is 58.8 Å². The number of carbonyl (C=O) groups is 1. The van der Waals surface area contributed by atoms with Gasteiger partial charge in [-0.05, 0) is 52.0 Å². The Hall–Kier alpha value is -0.640. The van der Waals surface area contributed by atoms with E-state index in [1.807, 2.05) is 4.90 Å². The monoisotopic (exact) mass is 284 g/mol. The molecule has 0 aromatic heterocycles. The first-order chi connectivity index (χ1) is 9.61. The SMILES string of the molecule is CCN(C(C)CCCC(=O)N1CCCC1)C1CC(F)C1. The summed E-state index contributed by atoms with van der Waals surface area (Å²) in [5.41, 5.74) is 0. The highest BCUT2D eigenvalue weighted by Gasteiger charge is 2.34. The Labute approximate surface area is 122 Å². The molecule has 20 heavy (non-hydrogen) atoms. The summed E-state index contributed by atoms with van der Waals surface area (Å²) >= 11 is 0. The first kappa shape index (κ1) is 15.7. The number of carbonyl (C=O) groups excluding carboxylic acids is 1. The Morgan fingerprint density at radius 1 is 1.35 bits per heavy atom. The number of rotatable bonds is 7. The van der Waals surface area contributed by atoms with E-state index in [4.69, 9.17) is 0 Å². The van der Waals surface area contributed by atoms with Gasteiger partial charge in [0.05, 0.1) is 0 Å². The molecule has 1 amide bonds. The number of hydrogen-bond donors (Lipinski definition) is 0. The summed E-state index contributed by atoms with van der Waals surface area (Å²) in [5, 5.41) is 0. The van der Waals surface area contributed by atoms with Crippen molar-refractivity contribution < 1.29 is 9.18 Å². The number of amides is 1. The smallest absolute Gasteiger partial charge is 0.222 e. The van der Waals surface area contributed by atoms with Crippen molar-refractivity contribution in [2.45, 2.75) is 77.0 Å². The van der Waals surface area contributed by atoms with Gasteiger partial charge in [0.2, 0.25) is 5.91 Å². The van der Waals surface area contributed by atoms with E-state index in [-0.39, 0.29) is 0 Å². The van der Waals surface area contributed by atoms with Crippen LogP contribution >= 0.6 is 0 Å². The Balaban J connectivity index is 1.65. The normalized spacial score (nSPS) is 27.7. The zero-order valence-corrected chi connectivity index (χ0v) is 13.0. The predicted octanol–water partition coefficient (Wildman–Crippen LogP) is 2.99. The van der Waals surface area contributed by atoms with Gasteiger partial charge in [-0.1, -0.05) is 6.92 Å². The minimum Gasteiger partial charge on any atom is -0.343 e. The quantitative estimate of drug-likeness (QED) is 0.717. The molecule has 1 aliphatic heterocycles. The standard InChI is InChI=1S/C16H29FN2O/c1-3-19(15-11-14(17)12-15)13(2)7-6-8-16(20)18-9-4-5-10-18/h13-15H,3-12H2,1-2H3. The Morgan fingerprint density at radius 3 is 2.55 bits per heavy atom. The zero-order chi connectivity index (χ0) is 14.5. The van der Waals surface area contributed by atoms with Gasteiger partial charge in [0.1, 0.15) is 6.17 Å². The highest BCUT2D eigenvalue weighted by atomic mass is 19.1. The van der Waals surface area contributed by atoms with Crippen molar-refractivity contribution in [3.8, 4) is 0 Å². The highest BCUT2D eigenvalue weighted by Crippen LogP contribution is 2.30. The van der Waals surface area contributed by atoms with Crippen molar-refractivity contribution >= 4 is 5.91 Å². The highest BCUT2D eigenvalue weighted by molar-refractivity contribution is 5.76. The van der Waals surface area contributed by atoms with E-state index in [2.05, 4.69) is 18.7 Å². The fraction of sp³-hybridized carbons (Fsp3) is 0.938. The summed E-state index contributed by atoms with van der Waals surface area (Å²) in [6, 6.07) is 0.892. The molecule has 1 aliphatic carbocycles. The molecule has 0 radical (unpaired) electrons. The molecule has 4 heteroatoms. The van der Waals surface area contributed by atoms with Crippen LogP contribution in [0.2, 0.25) is 0 Å². The van der Waals surface area contributed by atoms with Crippen molar-refractivity contribution in [1.82, 2.24) is 9.80 Å². The molecule has 2 fully saturated rings. The second-order valence-corrected chi connectivity index (χ2v) is 6.38. The van der Waals surface area contributed by atoms with Gasteiger partial charge in [0, 0.05) is 31.6 Å². The fourth-order valence-electron chi connectivity index (χ4n) is 3.56. The minimum atomic E-state index is -0.585.